The Kier molecular flexibility index (Phi) is 5.21. The van der Waals surface area contributed by atoms with Crippen molar-refractivity contribution in [2.24, 2.45) is 5.92 Å². The van der Waals surface area contributed by atoms with E-state index >= 15 is 0 Å². The molecule has 5 heteroatoms. The van der Waals surface area contributed by atoms with Gasteiger partial charge in [0.1, 0.15) is 0 Å². The van der Waals surface area contributed by atoms with Crippen LogP contribution in [0.5, 0.6) is 0 Å². The smallest absolute Gasteiger partial charge is 0.247 e. The van der Waals surface area contributed by atoms with E-state index in [0.717, 1.165) is 31.1 Å². The first kappa shape index (κ1) is 17.7. The molecule has 5 nitrogen and oxygen atoms in total. The number of rotatable bonds is 6. The molecule has 140 valence electrons. The van der Waals surface area contributed by atoms with Gasteiger partial charge in [-0.25, -0.2) is 0 Å². The van der Waals surface area contributed by atoms with E-state index in [4.69, 9.17) is 4.42 Å². The van der Waals surface area contributed by atoms with Crippen molar-refractivity contribution in [2.75, 3.05) is 25.0 Å². The van der Waals surface area contributed by atoms with Gasteiger partial charge >= 0.3 is 0 Å². The van der Waals surface area contributed by atoms with Crippen LogP contribution in [0.2, 0.25) is 0 Å². The monoisotopic (exact) mass is 362 g/mol. The van der Waals surface area contributed by atoms with Gasteiger partial charge in [-0.05, 0) is 43.1 Å². The highest BCUT2D eigenvalue weighted by atomic mass is 16.4. The molecule has 4 rings (SSSR count). The van der Waals surface area contributed by atoms with Gasteiger partial charge in [0.2, 0.25) is 11.8 Å². The zero-order chi connectivity index (χ0) is 18.6. The Labute approximate surface area is 160 Å². The van der Waals surface area contributed by atoms with Crippen LogP contribution in [0.1, 0.15) is 24.8 Å². The minimum atomic E-state index is 0.574. The quantitative estimate of drug-likeness (QED) is 0.657. The van der Waals surface area contributed by atoms with Crippen LogP contribution >= 0.6 is 0 Å². The second-order valence-electron chi connectivity index (χ2n) is 7.51. The largest absolute Gasteiger partial charge is 0.419 e. The fourth-order valence-electron chi connectivity index (χ4n) is 3.70. The maximum atomic E-state index is 5.85. The van der Waals surface area contributed by atoms with Crippen LogP contribution in [0.15, 0.2) is 59.0 Å². The van der Waals surface area contributed by atoms with Crippen LogP contribution < -0.4 is 4.90 Å². The van der Waals surface area contributed by atoms with Crippen LogP contribution in [-0.2, 0) is 13.1 Å². The standard InChI is InChI=1S/C22H26N4O/c1-17-12-13-26(14-17)20-11-7-6-10-19(20)15-25(2)16-21-23-24-22(27-21)18-8-4-3-5-9-18/h3-11,17H,12-16H2,1-2H3. The van der Waals surface area contributed by atoms with E-state index < -0.39 is 0 Å². The van der Waals surface area contributed by atoms with E-state index in [1.165, 1.54) is 17.7 Å². The molecule has 0 aliphatic carbocycles. The number of nitrogens with zero attached hydrogens (tertiary/aromatic N) is 4. The molecule has 0 amide bonds. The molecule has 0 N–H and O–H groups in total. The van der Waals surface area contributed by atoms with Gasteiger partial charge < -0.3 is 9.32 Å². The first-order valence-corrected chi connectivity index (χ1v) is 9.58. The van der Waals surface area contributed by atoms with Crippen LogP contribution in [0.25, 0.3) is 11.5 Å². The third-order valence-electron chi connectivity index (χ3n) is 5.09. The summed E-state index contributed by atoms with van der Waals surface area (Å²) in [6, 6.07) is 18.6. The first-order valence-electron chi connectivity index (χ1n) is 9.58. The Bertz CT molecular complexity index is 877. The Hall–Kier alpha value is -2.66. The first-order chi connectivity index (χ1) is 13.2. The van der Waals surface area contributed by atoms with Crippen molar-refractivity contribution in [1.82, 2.24) is 15.1 Å². The summed E-state index contributed by atoms with van der Waals surface area (Å²) in [6.07, 6.45) is 1.27. The number of hydrogen-bond donors (Lipinski definition) is 0. The highest BCUT2D eigenvalue weighted by Gasteiger charge is 2.21. The van der Waals surface area contributed by atoms with Crippen molar-refractivity contribution < 1.29 is 4.42 Å². The summed E-state index contributed by atoms with van der Waals surface area (Å²) < 4.78 is 5.85. The lowest BCUT2D eigenvalue weighted by molar-refractivity contribution is 0.283. The molecular formula is C22H26N4O. The molecule has 0 radical (unpaired) electrons. The topological polar surface area (TPSA) is 45.4 Å². The van der Waals surface area contributed by atoms with Crippen molar-refractivity contribution in [2.45, 2.75) is 26.4 Å². The number of benzene rings is 2. The molecule has 1 unspecified atom stereocenters. The lowest BCUT2D eigenvalue weighted by Crippen LogP contribution is -2.23. The normalized spacial score (nSPS) is 17.0. The van der Waals surface area contributed by atoms with E-state index in [1.807, 2.05) is 30.3 Å². The molecule has 3 aromatic rings. The SMILES string of the molecule is CC1CCN(c2ccccc2CN(C)Cc2nnc(-c3ccccc3)o2)C1. The van der Waals surface area contributed by atoms with E-state index in [0.29, 0.717) is 18.3 Å². The van der Waals surface area contributed by atoms with Gasteiger partial charge in [0.05, 0.1) is 6.54 Å². The molecular weight excluding hydrogens is 336 g/mol. The summed E-state index contributed by atoms with van der Waals surface area (Å²) in [5.74, 6) is 1.99. The maximum absolute atomic E-state index is 5.85. The average molecular weight is 362 g/mol. The van der Waals surface area contributed by atoms with Crippen LogP contribution in [0.3, 0.4) is 0 Å². The molecule has 0 bridgehead atoms. The predicted octanol–water partition coefficient (Wildman–Crippen LogP) is 4.21. The molecule has 1 atom stereocenters. The molecule has 1 saturated heterocycles. The molecule has 27 heavy (non-hydrogen) atoms. The molecule has 2 aromatic carbocycles. The fourth-order valence-corrected chi connectivity index (χ4v) is 3.70. The lowest BCUT2D eigenvalue weighted by Gasteiger charge is -2.24. The van der Waals surface area contributed by atoms with Gasteiger partial charge in [0.25, 0.3) is 0 Å². The molecule has 2 heterocycles. The fraction of sp³-hybridized carbons (Fsp3) is 0.364. The number of aromatic nitrogens is 2. The minimum Gasteiger partial charge on any atom is -0.419 e. The van der Waals surface area contributed by atoms with Gasteiger partial charge in [0, 0.05) is 30.9 Å². The van der Waals surface area contributed by atoms with Gasteiger partial charge in [-0.3, -0.25) is 4.90 Å². The predicted molar refractivity (Wildman–Crippen MR) is 107 cm³/mol. The van der Waals surface area contributed by atoms with Gasteiger partial charge in [-0.15, -0.1) is 10.2 Å². The number of para-hydroxylation sites is 1. The summed E-state index contributed by atoms with van der Waals surface area (Å²) in [6.45, 7) is 6.10. The summed E-state index contributed by atoms with van der Waals surface area (Å²) in [5, 5.41) is 8.40. The van der Waals surface area contributed by atoms with Crippen molar-refractivity contribution in [3.05, 3.63) is 66.1 Å². The van der Waals surface area contributed by atoms with E-state index in [9.17, 15) is 0 Å². The Balaban J connectivity index is 1.43. The summed E-state index contributed by atoms with van der Waals surface area (Å²) >= 11 is 0. The maximum Gasteiger partial charge on any atom is 0.247 e. The highest BCUT2D eigenvalue weighted by molar-refractivity contribution is 5.54. The van der Waals surface area contributed by atoms with E-state index in [1.54, 1.807) is 0 Å². The Morgan fingerprint density at radius 3 is 2.59 bits per heavy atom. The second-order valence-corrected chi connectivity index (χ2v) is 7.51. The molecule has 0 saturated carbocycles. The molecule has 1 aliphatic heterocycles. The third kappa shape index (κ3) is 4.19. The molecule has 1 aliphatic rings. The van der Waals surface area contributed by atoms with Crippen LogP contribution in [0, 0.1) is 5.92 Å². The minimum absolute atomic E-state index is 0.574. The van der Waals surface area contributed by atoms with Crippen LogP contribution in [-0.4, -0.2) is 35.2 Å². The summed E-state index contributed by atoms with van der Waals surface area (Å²) in [5.41, 5.74) is 3.65. The Morgan fingerprint density at radius 1 is 1.04 bits per heavy atom. The molecule has 0 spiro atoms. The van der Waals surface area contributed by atoms with Crippen molar-refractivity contribution in [3.63, 3.8) is 0 Å². The zero-order valence-corrected chi connectivity index (χ0v) is 16.0. The Morgan fingerprint density at radius 2 is 1.81 bits per heavy atom. The number of anilines is 1. The van der Waals surface area contributed by atoms with Crippen molar-refractivity contribution >= 4 is 5.69 Å². The molecule has 1 fully saturated rings. The van der Waals surface area contributed by atoms with E-state index in [-0.39, 0.29) is 0 Å². The highest BCUT2D eigenvalue weighted by Crippen LogP contribution is 2.28. The van der Waals surface area contributed by atoms with Gasteiger partial charge in [0.15, 0.2) is 0 Å². The number of hydrogen-bond acceptors (Lipinski definition) is 5. The van der Waals surface area contributed by atoms with Gasteiger partial charge in [-0.2, -0.15) is 0 Å². The third-order valence-corrected chi connectivity index (χ3v) is 5.09. The lowest BCUT2D eigenvalue weighted by atomic mass is 10.1. The molecule has 1 aromatic heterocycles. The average Bonchev–Trinajstić information content (AvgIpc) is 3.32. The van der Waals surface area contributed by atoms with Crippen molar-refractivity contribution in [3.8, 4) is 11.5 Å². The second kappa shape index (κ2) is 7.92. The van der Waals surface area contributed by atoms with Gasteiger partial charge in [-0.1, -0.05) is 43.3 Å². The summed E-state index contributed by atoms with van der Waals surface area (Å²) in [4.78, 5) is 4.73. The summed E-state index contributed by atoms with van der Waals surface area (Å²) in [7, 11) is 2.09. The van der Waals surface area contributed by atoms with Crippen LogP contribution in [0.4, 0.5) is 5.69 Å². The van der Waals surface area contributed by atoms with E-state index in [2.05, 4.69) is 58.2 Å². The van der Waals surface area contributed by atoms with Crippen molar-refractivity contribution in [1.29, 1.82) is 0 Å². The zero-order valence-electron chi connectivity index (χ0n) is 16.0.